The minimum absolute atomic E-state index is 0.0152. The van der Waals surface area contributed by atoms with Gasteiger partial charge in [0.2, 0.25) is 0 Å². The van der Waals surface area contributed by atoms with E-state index in [1.165, 1.54) is 0 Å². The maximum absolute atomic E-state index is 11.7. The Morgan fingerprint density at radius 3 is 2.50 bits per heavy atom. The third-order valence-electron chi connectivity index (χ3n) is 2.89. The second-order valence-corrected chi connectivity index (χ2v) is 4.26. The molecule has 0 unspecified atom stereocenters. The van der Waals surface area contributed by atoms with Crippen LogP contribution in [0.4, 0.5) is 0 Å². The third-order valence-corrected chi connectivity index (χ3v) is 2.89. The molecular formula is C16H13NO. The van der Waals surface area contributed by atoms with Crippen molar-refractivity contribution in [1.29, 1.82) is 5.26 Å². The molecule has 2 rings (SSSR count). The molecule has 0 bridgehead atoms. The highest BCUT2D eigenvalue weighted by atomic mass is 16.1. The van der Waals surface area contributed by atoms with Crippen LogP contribution >= 0.6 is 0 Å². The van der Waals surface area contributed by atoms with Gasteiger partial charge in [0.25, 0.3) is 0 Å². The van der Waals surface area contributed by atoms with Gasteiger partial charge in [0.1, 0.15) is 0 Å². The summed E-state index contributed by atoms with van der Waals surface area (Å²) in [5, 5.41) is 9.13. The summed E-state index contributed by atoms with van der Waals surface area (Å²) in [4.78, 5) is 11.7. The van der Waals surface area contributed by atoms with Crippen molar-refractivity contribution in [2.24, 2.45) is 0 Å². The first-order chi connectivity index (χ1) is 8.63. The van der Waals surface area contributed by atoms with E-state index in [1.807, 2.05) is 43.3 Å². The highest BCUT2D eigenvalue weighted by molar-refractivity contribution is 6.01. The number of hydrogen-bond donors (Lipinski definition) is 0. The number of nitrogens with zero attached hydrogens (tertiary/aromatic N) is 1. The summed E-state index contributed by atoms with van der Waals surface area (Å²) in [7, 11) is 0. The number of hydrogen-bond acceptors (Lipinski definition) is 2. The van der Waals surface area contributed by atoms with Crippen LogP contribution in [0.25, 0.3) is 11.1 Å². The molecule has 0 saturated heterocycles. The highest BCUT2D eigenvalue weighted by Gasteiger charge is 2.12. The molecule has 2 aromatic carbocycles. The van der Waals surface area contributed by atoms with Gasteiger partial charge in [-0.15, -0.1) is 0 Å². The third kappa shape index (κ3) is 2.16. The van der Waals surface area contributed by atoms with E-state index in [-0.39, 0.29) is 5.78 Å². The summed E-state index contributed by atoms with van der Waals surface area (Å²) < 4.78 is 0. The molecular weight excluding hydrogens is 222 g/mol. The van der Waals surface area contributed by atoms with Crippen molar-refractivity contribution < 1.29 is 4.79 Å². The quantitative estimate of drug-likeness (QED) is 0.744. The van der Waals surface area contributed by atoms with Crippen molar-refractivity contribution in [2.45, 2.75) is 13.8 Å². The monoisotopic (exact) mass is 235 g/mol. The Labute approximate surface area is 107 Å². The van der Waals surface area contributed by atoms with Crippen LogP contribution < -0.4 is 0 Å². The zero-order chi connectivity index (χ0) is 13.1. The molecule has 0 fully saturated rings. The van der Waals surface area contributed by atoms with Crippen molar-refractivity contribution in [1.82, 2.24) is 0 Å². The Balaban J connectivity index is 2.72. The Hall–Kier alpha value is -2.40. The number of Topliss-reactive ketones (excluding diaryl/α,β-unsaturated/α-hetero) is 1. The molecule has 0 aromatic heterocycles. The van der Waals surface area contributed by atoms with Gasteiger partial charge in [0, 0.05) is 11.1 Å². The number of ketones is 1. The summed E-state index contributed by atoms with van der Waals surface area (Å²) in [5.41, 5.74) is 3.93. The first-order valence-corrected chi connectivity index (χ1v) is 5.74. The lowest BCUT2D eigenvalue weighted by Gasteiger charge is -2.09. The lowest BCUT2D eigenvalue weighted by molar-refractivity contribution is 0.101. The van der Waals surface area contributed by atoms with E-state index in [9.17, 15) is 4.79 Å². The smallest absolute Gasteiger partial charge is 0.160 e. The molecule has 0 atom stereocenters. The number of carbonyl (C=O) groups is 1. The normalized spacial score (nSPS) is 9.83. The lowest BCUT2D eigenvalue weighted by Crippen LogP contribution is -1.98. The zero-order valence-corrected chi connectivity index (χ0v) is 10.4. The number of carbonyl (C=O) groups excluding carboxylic acids is 1. The first-order valence-electron chi connectivity index (χ1n) is 5.74. The second kappa shape index (κ2) is 4.85. The molecule has 2 nitrogen and oxygen atoms in total. The lowest BCUT2D eigenvalue weighted by atomic mass is 9.93. The van der Waals surface area contributed by atoms with Crippen LogP contribution in [0.1, 0.15) is 28.4 Å². The summed E-state index contributed by atoms with van der Waals surface area (Å²) >= 11 is 0. The van der Waals surface area contributed by atoms with Crippen molar-refractivity contribution in [2.75, 3.05) is 0 Å². The van der Waals surface area contributed by atoms with Crippen LogP contribution in [-0.2, 0) is 0 Å². The fraction of sp³-hybridized carbons (Fsp3) is 0.125. The highest BCUT2D eigenvalue weighted by Crippen LogP contribution is 2.27. The Bertz CT molecular complexity index is 650. The summed E-state index contributed by atoms with van der Waals surface area (Å²) in [6.45, 7) is 3.50. The molecule has 2 aromatic rings. The average molecular weight is 235 g/mol. The molecule has 88 valence electrons. The van der Waals surface area contributed by atoms with Gasteiger partial charge in [0.05, 0.1) is 11.6 Å². The van der Waals surface area contributed by atoms with Crippen LogP contribution in [0.15, 0.2) is 42.5 Å². The minimum atomic E-state index is 0.0152. The van der Waals surface area contributed by atoms with E-state index >= 15 is 0 Å². The van der Waals surface area contributed by atoms with E-state index in [4.69, 9.17) is 5.26 Å². The van der Waals surface area contributed by atoms with Crippen molar-refractivity contribution >= 4 is 5.78 Å². The predicted octanol–water partition coefficient (Wildman–Crippen LogP) is 3.74. The minimum Gasteiger partial charge on any atom is -0.294 e. The fourth-order valence-electron chi connectivity index (χ4n) is 2.00. The maximum atomic E-state index is 11.7. The summed E-state index contributed by atoms with van der Waals surface area (Å²) in [6.07, 6.45) is 0. The summed E-state index contributed by atoms with van der Waals surface area (Å²) in [6, 6.07) is 15.2. The maximum Gasteiger partial charge on any atom is 0.160 e. The van der Waals surface area contributed by atoms with Gasteiger partial charge in [-0.3, -0.25) is 4.79 Å². The van der Waals surface area contributed by atoms with Gasteiger partial charge in [-0.05, 0) is 31.5 Å². The van der Waals surface area contributed by atoms with Crippen molar-refractivity contribution in [3.63, 3.8) is 0 Å². The van der Waals surface area contributed by atoms with Gasteiger partial charge in [-0.1, -0.05) is 35.9 Å². The predicted molar refractivity (Wildman–Crippen MR) is 71.3 cm³/mol. The van der Waals surface area contributed by atoms with Crippen LogP contribution in [0.5, 0.6) is 0 Å². The van der Waals surface area contributed by atoms with Gasteiger partial charge in [0.15, 0.2) is 5.78 Å². The SMILES string of the molecule is CC(=O)c1cc(C)ccc1-c1ccccc1C#N. The number of aryl methyl sites for hydroxylation is 1. The number of rotatable bonds is 2. The van der Waals surface area contributed by atoms with Crippen LogP contribution in [-0.4, -0.2) is 5.78 Å². The van der Waals surface area contributed by atoms with E-state index in [0.717, 1.165) is 16.7 Å². The van der Waals surface area contributed by atoms with Crippen molar-refractivity contribution in [3.8, 4) is 17.2 Å². The molecule has 0 saturated carbocycles. The molecule has 0 amide bonds. The number of nitriles is 1. The molecule has 2 heteroatoms. The average Bonchev–Trinajstić information content (AvgIpc) is 2.38. The molecule has 0 heterocycles. The van der Waals surface area contributed by atoms with E-state index in [0.29, 0.717) is 11.1 Å². The molecule has 0 N–H and O–H groups in total. The number of benzene rings is 2. The van der Waals surface area contributed by atoms with Crippen LogP contribution in [0.3, 0.4) is 0 Å². The Morgan fingerprint density at radius 1 is 1.11 bits per heavy atom. The summed E-state index contributed by atoms with van der Waals surface area (Å²) in [5.74, 6) is 0.0152. The molecule has 0 aliphatic heterocycles. The van der Waals surface area contributed by atoms with Gasteiger partial charge in [-0.25, -0.2) is 0 Å². The van der Waals surface area contributed by atoms with E-state index < -0.39 is 0 Å². The molecule has 0 radical (unpaired) electrons. The zero-order valence-electron chi connectivity index (χ0n) is 10.4. The Kier molecular flexibility index (Phi) is 3.25. The van der Waals surface area contributed by atoms with Crippen LogP contribution in [0.2, 0.25) is 0 Å². The van der Waals surface area contributed by atoms with Crippen LogP contribution in [0, 0.1) is 18.3 Å². The molecule has 18 heavy (non-hydrogen) atoms. The van der Waals surface area contributed by atoms with Gasteiger partial charge in [-0.2, -0.15) is 5.26 Å². The molecule has 0 aliphatic carbocycles. The standard InChI is InChI=1S/C16H13NO/c1-11-7-8-15(16(9-11)12(2)18)14-6-4-3-5-13(14)10-17/h3-9H,1-2H3. The Morgan fingerprint density at radius 2 is 1.83 bits per heavy atom. The van der Waals surface area contributed by atoms with Crippen molar-refractivity contribution in [3.05, 3.63) is 59.2 Å². The van der Waals surface area contributed by atoms with E-state index in [1.54, 1.807) is 13.0 Å². The van der Waals surface area contributed by atoms with Gasteiger partial charge < -0.3 is 0 Å². The topological polar surface area (TPSA) is 40.9 Å². The molecule has 0 aliphatic rings. The second-order valence-electron chi connectivity index (χ2n) is 4.26. The van der Waals surface area contributed by atoms with E-state index in [2.05, 4.69) is 6.07 Å². The first kappa shape index (κ1) is 12.1. The molecule has 0 spiro atoms. The largest absolute Gasteiger partial charge is 0.294 e. The fourth-order valence-corrected chi connectivity index (χ4v) is 2.00. The van der Waals surface area contributed by atoms with Gasteiger partial charge >= 0.3 is 0 Å².